The molecule has 1 saturated carbocycles. The maximum atomic E-state index is 11.5. The standard InChI is InChI=1S/C12H17NO/c1-4-5-6-11-9(2)7-8-12(11,13)10(3)14/h4-6H,2,7-8,13H2,1,3H3/b5-4-,11-6+. The molecular weight excluding hydrogens is 174 g/mol. The molecule has 1 aliphatic carbocycles. The van der Waals surface area contributed by atoms with E-state index in [1.807, 2.05) is 25.2 Å². The molecule has 0 spiro atoms. The molecule has 1 atom stereocenters. The molecule has 0 aromatic carbocycles. The van der Waals surface area contributed by atoms with Crippen molar-refractivity contribution in [1.29, 1.82) is 0 Å². The van der Waals surface area contributed by atoms with Crippen LogP contribution in [0, 0.1) is 0 Å². The third-order valence-corrected chi connectivity index (χ3v) is 2.77. The Morgan fingerprint density at radius 3 is 2.79 bits per heavy atom. The van der Waals surface area contributed by atoms with Gasteiger partial charge < -0.3 is 5.73 Å². The van der Waals surface area contributed by atoms with Crippen molar-refractivity contribution < 1.29 is 4.79 Å². The highest BCUT2D eigenvalue weighted by molar-refractivity contribution is 5.92. The fourth-order valence-corrected chi connectivity index (χ4v) is 1.76. The van der Waals surface area contributed by atoms with E-state index in [4.69, 9.17) is 5.73 Å². The smallest absolute Gasteiger partial charge is 0.154 e. The minimum atomic E-state index is -0.795. The largest absolute Gasteiger partial charge is 0.315 e. The molecule has 0 amide bonds. The first kappa shape index (κ1) is 10.9. The van der Waals surface area contributed by atoms with Gasteiger partial charge in [0.15, 0.2) is 5.78 Å². The Balaban J connectivity index is 3.10. The van der Waals surface area contributed by atoms with E-state index in [1.165, 1.54) is 0 Å². The zero-order chi connectivity index (χ0) is 10.8. The molecule has 1 unspecified atom stereocenters. The fourth-order valence-electron chi connectivity index (χ4n) is 1.76. The van der Waals surface area contributed by atoms with Crippen LogP contribution in [0.25, 0.3) is 0 Å². The van der Waals surface area contributed by atoms with Crippen LogP contribution >= 0.6 is 0 Å². The van der Waals surface area contributed by atoms with Crippen molar-refractivity contribution >= 4 is 5.78 Å². The number of carbonyl (C=O) groups excluding carboxylic acids is 1. The van der Waals surface area contributed by atoms with Gasteiger partial charge in [-0.3, -0.25) is 4.79 Å². The molecule has 1 aliphatic rings. The van der Waals surface area contributed by atoms with Gasteiger partial charge in [-0.1, -0.05) is 24.8 Å². The van der Waals surface area contributed by atoms with Gasteiger partial charge in [-0.15, -0.1) is 0 Å². The van der Waals surface area contributed by atoms with Crippen LogP contribution in [0.4, 0.5) is 0 Å². The highest BCUT2D eigenvalue weighted by atomic mass is 16.1. The quantitative estimate of drug-likeness (QED) is 0.726. The topological polar surface area (TPSA) is 43.1 Å². The van der Waals surface area contributed by atoms with Gasteiger partial charge in [-0.2, -0.15) is 0 Å². The fraction of sp³-hybridized carbons (Fsp3) is 0.417. The number of hydrogen-bond acceptors (Lipinski definition) is 2. The summed E-state index contributed by atoms with van der Waals surface area (Å²) in [5, 5.41) is 0. The van der Waals surface area contributed by atoms with Crippen molar-refractivity contribution in [2.24, 2.45) is 5.73 Å². The molecule has 0 radical (unpaired) electrons. The summed E-state index contributed by atoms with van der Waals surface area (Å²) in [6, 6.07) is 0. The van der Waals surface area contributed by atoms with Gasteiger partial charge in [0.2, 0.25) is 0 Å². The van der Waals surface area contributed by atoms with Crippen molar-refractivity contribution in [2.75, 3.05) is 0 Å². The van der Waals surface area contributed by atoms with E-state index < -0.39 is 5.54 Å². The summed E-state index contributed by atoms with van der Waals surface area (Å²) in [5.74, 6) is 0.0203. The lowest BCUT2D eigenvalue weighted by atomic mass is 9.88. The molecule has 2 nitrogen and oxygen atoms in total. The summed E-state index contributed by atoms with van der Waals surface area (Å²) >= 11 is 0. The molecule has 0 aliphatic heterocycles. The Morgan fingerprint density at radius 1 is 1.64 bits per heavy atom. The molecule has 76 valence electrons. The third-order valence-electron chi connectivity index (χ3n) is 2.77. The van der Waals surface area contributed by atoms with Crippen molar-refractivity contribution in [3.63, 3.8) is 0 Å². The second-order valence-corrected chi connectivity index (χ2v) is 3.74. The summed E-state index contributed by atoms with van der Waals surface area (Å²) in [4.78, 5) is 11.5. The van der Waals surface area contributed by atoms with E-state index >= 15 is 0 Å². The van der Waals surface area contributed by atoms with Crippen LogP contribution in [0.2, 0.25) is 0 Å². The van der Waals surface area contributed by atoms with E-state index in [9.17, 15) is 4.79 Å². The van der Waals surface area contributed by atoms with Gasteiger partial charge in [0.1, 0.15) is 5.54 Å². The van der Waals surface area contributed by atoms with Gasteiger partial charge in [0.05, 0.1) is 0 Å². The van der Waals surface area contributed by atoms with Gasteiger partial charge in [-0.05, 0) is 37.8 Å². The first-order valence-corrected chi connectivity index (χ1v) is 4.84. The van der Waals surface area contributed by atoms with Crippen LogP contribution in [0.3, 0.4) is 0 Å². The number of nitrogens with two attached hydrogens (primary N) is 1. The molecule has 1 rings (SSSR count). The number of carbonyl (C=O) groups is 1. The molecule has 0 aromatic heterocycles. The predicted molar refractivity (Wildman–Crippen MR) is 58.9 cm³/mol. The van der Waals surface area contributed by atoms with Crippen molar-refractivity contribution in [1.82, 2.24) is 0 Å². The highest BCUT2D eigenvalue weighted by Crippen LogP contribution is 2.37. The molecule has 2 N–H and O–H groups in total. The number of allylic oxidation sites excluding steroid dienone is 3. The lowest BCUT2D eigenvalue weighted by Crippen LogP contribution is -2.45. The molecule has 14 heavy (non-hydrogen) atoms. The minimum Gasteiger partial charge on any atom is -0.315 e. The van der Waals surface area contributed by atoms with E-state index in [-0.39, 0.29) is 5.78 Å². The maximum Gasteiger partial charge on any atom is 0.154 e. The number of ketones is 1. The number of hydrogen-bond donors (Lipinski definition) is 1. The maximum absolute atomic E-state index is 11.5. The zero-order valence-corrected chi connectivity index (χ0v) is 8.84. The zero-order valence-electron chi connectivity index (χ0n) is 8.84. The van der Waals surface area contributed by atoms with Crippen LogP contribution in [-0.2, 0) is 4.79 Å². The van der Waals surface area contributed by atoms with Gasteiger partial charge >= 0.3 is 0 Å². The van der Waals surface area contributed by atoms with Crippen LogP contribution in [0.15, 0.2) is 36.0 Å². The van der Waals surface area contributed by atoms with Crippen LogP contribution in [-0.4, -0.2) is 11.3 Å². The third kappa shape index (κ3) is 1.70. The number of Topliss-reactive ketones (excluding diaryl/α,β-unsaturated/α-hetero) is 1. The van der Waals surface area contributed by atoms with E-state index in [0.717, 1.165) is 17.6 Å². The van der Waals surface area contributed by atoms with Crippen molar-refractivity contribution in [3.8, 4) is 0 Å². The summed E-state index contributed by atoms with van der Waals surface area (Å²) < 4.78 is 0. The van der Waals surface area contributed by atoms with E-state index in [2.05, 4.69) is 6.58 Å². The Kier molecular flexibility index (Phi) is 3.06. The summed E-state index contributed by atoms with van der Waals surface area (Å²) in [5.41, 5.74) is 7.15. The molecule has 2 heteroatoms. The molecule has 0 aromatic rings. The van der Waals surface area contributed by atoms with Crippen molar-refractivity contribution in [3.05, 3.63) is 36.0 Å². The molecule has 0 heterocycles. The lowest BCUT2D eigenvalue weighted by Gasteiger charge is -2.22. The minimum absolute atomic E-state index is 0.0203. The average Bonchev–Trinajstić information content (AvgIpc) is 2.42. The Morgan fingerprint density at radius 2 is 2.29 bits per heavy atom. The highest BCUT2D eigenvalue weighted by Gasteiger charge is 2.40. The normalized spacial score (nSPS) is 30.5. The number of rotatable bonds is 2. The first-order valence-electron chi connectivity index (χ1n) is 4.84. The Bertz CT molecular complexity index is 325. The van der Waals surface area contributed by atoms with Gasteiger partial charge in [0.25, 0.3) is 0 Å². The van der Waals surface area contributed by atoms with Gasteiger partial charge in [-0.25, -0.2) is 0 Å². The van der Waals surface area contributed by atoms with Crippen LogP contribution in [0.1, 0.15) is 26.7 Å². The summed E-state index contributed by atoms with van der Waals surface area (Å²) in [7, 11) is 0. The monoisotopic (exact) mass is 191 g/mol. The Labute approximate surface area is 85.2 Å². The van der Waals surface area contributed by atoms with E-state index in [1.54, 1.807) is 6.92 Å². The first-order chi connectivity index (χ1) is 6.52. The molecule has 0 saturated heterocycles. The second-order valence-electron chi connectivity index (χ2n) is 3.74. The Hall–Kier alpha value is -1.15. The predicted octanol–water partition coefficient (Wildman–Crippen LogP) is 2.13. The summed E-state index contributed by atoms with van der Waals surface area (Å²) in [6.07, 6.45) is 7.22. The molecular formula is C12H17NO. The molecule has 1 fully saturated rings. The van der Waals surface area contributed by atoms with E-state index in [0.29, 0.717) is 6.42 Å². The SMILES string of the molecule is C=C1CCC(N)(C(C)=O)/C1=C/C=C\C. The lowest BCUT2D eigenvalue weighted by molar-refractivity contribution is -0.120. The van der Waals surface area contributed by atoms with Crippen molar-refractivity contribution in [2.45, 2.75) is 32.2 Å². The second kappa shape index (κ2) is 3.93. The van der Waals surface area contributed by atoms with Gasteiger partial charge in [0, 0.05) is 0 Å². The van der Waals surface area contributed by atoms with Crippen LogP contribution < -0.4 is 5.73 Å². The average molecular weight is 191 g/mol. The summed E-state index contributed by atoms with van der Waals surface area (Å²) in [6.45, 7) is 7.41. The van der Waals surface area contributed by atoms with Crippen LogP contribution in [0.5, 0.6) is 0 Å². The molecule has 0 bridgehead atoms.